The summed E-state index contributed by atoms with van der Waals surface area (Å²) in [6.45, 7) is 7.74. The zero-order valence-corrected chi connectivity index (χ0v) is 17.8. The van der Waals surface area contributed by atoms with Crippen molar-refractivity contribution < 1.29 is 9.59 Å². The van der Waals surface area contributed by atoms with Gasteiger partial charge < -0.3 is 5.32 Å². The van der Waals surface area contributed by atoms with Crippen LogP contribution < -0.4 is 10.9 Å². The van der Waals surface area contributed by atoms with Gasteiger partial charge >= 0.3 is 0 Å². The Labute approximate surface area is 171 Å². The number of aryl methyl sites for hydroxylation is 2. The Morgan fingerprint density at radius 2 is 1.96 bits per heavy atom. The standard InChI is InChI=1S/C20H21N3O3S2/c1-5-23-19(26)17-11(2)13(4)28-18(17)22-20(23)27-10-16(25)21-15-9-7-6-8-14(15)12(3)24/h6-9H,5,10H2,1-4H3,(H,21,25). The van der Waals surface area contributed by atoms with E-state index in [2.05, 4.69) is 10.3 Å². The van der Waals surface area contributed by atoms with Crippen molar-refractivity contribution in [3.05, 3.63) is 50.6 Å². The molecule has 1 N–H and O–H groups in total. The van der Waals surface area contributed by atoms with Crippen LogP contribution in [-0.4, -0.2) is 27.0 Å². The Morgan fingerprint density at radius 1 is 1.25 bits per heavy atom. The van der Waals surface area contributed by atoms with Crippen LogP contribution in [0.5, 0.6) is 0 Å². The minimum absolute atomic E-state index is 0.0702. The fourth-order valence-corrected chi connectivity index (χ4v) is 4.85. The average molecular weight is 416 g/mol. The van der Waals surface area contributed by atoms with E-state index in [1.807, 2.05) is 20.8 Å². The zero-order chi connectivity index (χ0) is 20.4. The molecule has 0 bridgehead atoms. The van der Waals surface area contributed by atoms with Crippen LogP contribution in [0.4, 0.5) is 5.69 Å². The van der Waals surface area contributed by atoms with Crippen LogP contribution in [0.1, 0.15) is 34.6 Å². The number of carbonyl (C=O) groups is 2. The van der Waals surface area contributed by atoms with Gasteiger partial charge in [0.15, 0.2) is 10.9 Å². The molecule has 0 aliphatic carbocycles. The molecule has 0 aliphatic rings. The highest BCUT2D eigenvalue weighted by Crippen LogP contribution is 2.28. The number of para-hydroxylation sites is 1. The third-order valence-corrected chi connectivity index (χ3v) is 6.56. The van der Waals surface area contributed by atoms with Crippen LogP contribution in [-0.2, 0) is 11.3 Å². The smallest absolute Gasteiger partial charge is 0.263 e. The lowest BCUT2D eigenvalue weighted by atomic mass is 10.1. The maximum atomic E-state index is 12.8. The summed E-state index contributed by atoms with van der Waals surface area (Å²) in [7, 11) is 0. The Hall–Kier alpha value is -2.45. The third-order valence-electron chi connectivity index (χ3n) is 4.48. The maximum Gasteiger partial charge on any atom is 0.263 e. The topological polar surface area (TPSA) is 81.1 Å². The number of nitrogens with zero attached hydrogens (tertiary/aromatic N) is 2. The number of hydrogen-bond donors (Lipinski definition) is 1. The van der Waals surface area contributed by atoms with Crippen molar-refractivity contribution in [1.29, 1.82) is 0 Å². The summed E-state index contributed by atoms with van der Waals surface area (Å²) in [6.07, 6.45) is 0. The lowest BCUT2D eigenvalue weighted by Gasteiger charge is -2.11. The lowest BCUT2D eigenvalue weighted by Crippen LogP contribution is -2.23. The van der Waals surface area contributed by atoms with Crippen LogP contribution in [0.25, 0.3) is 10.2 Å². The molecule has 6 nitrogen and oxygen atoms in total. The maximum absolute atomic E-state index is 12.8. The minimum Gasteiger partial charge on any atom is -0.325 e. The van der Waals surface area contributed by atoms with Crippen LogP contribution in [0.15, 0.2) is 34.2 Å². The summed E-state index contributed by atoms with van der Waals surface area (Å²) >= 11 is 2.71. The molecule has 3 aromatic rings. The number of carbonyl (C=O) groups excluding carboxylic acids is 2. The Morgan fingerprint density at radius 3 is 2.64 bits per heavy atom. The summed E-state index contributed by atoms with van der Waals surface area (Å²) in [4.78, 5) is 43.4. The van der Waals surface area contributed by atoms with Crippen molar-refractivity contribution in [3.63, 3.8) is 0 Å². The summed E-state index contributed by atoms with van der Waals surface area (Å²) in [5, 5.41) is 3.96. The number of hydrogen-bond acceptors (Lipinski definition) is 6. The Kier molecular flexibility index (Phi) is 6.00. The SMILES string of the molecule is CCn1c(SCC(=O)Nc2ccccc2C(C)=O)nc2sc(C)c(C)c2c1=O. The summed E-state index contributed by atoms with van der Waals surface area (Å²) in [5.41, 5.74) is 1.85. The summed E-state index contributed by atoms with van der Waals surface area (Å²) in [6, 6.07) is 6.89. The normalized spacial score (nSPS) is 11.0. The third kappa shape index (κ3) is 3.88. The van der Waals surface area contributed by atoms with Crippen LogP contribution in [0.3, 0.4) is 0 Å². The summed E-state index contributed by atoms with van der Waals surface area (Å²) < 4.78 is 1.60. The summed E-state index contributed by atoms with van der Waals surface area (Å²) in [5.74, 6) is -0.277. The fourth-order valence-electron chi connectivity index (χ4n) is 2.91. The molecule has 8 heteroatoms. The van der Waals surface area contributed by atoms with Gasteiger partial charge in [-0.3, -0.25) is 19.0 Å². The van der Waals surface area contributed by atoms with Crippen molar-refractivity contribution in [1.82, 2.24) is 9.55 Å². The van der Waals surface area contributed by atoms with E-state index in [9.17, 15) is 14.4 Å². The molecule has 0 spiro atoms. The molecule has 0 saturated carbocycles. The molecule has 0 fully saturated rings. The van der Waals surface area contributed by atoms with E-state index >= 15 is 0 Å². The molecule has 28 heavy (non-hydrogen) atoms. The molecule has 0 aliphatic heterocycles. The van der Waals surface area contributed by atoms with Crippen molar-refractivity contribution in [2.24, 2.45) is 0 Å². The highest BCUT2D eigenvalue weighted by molar-refractivity contribution is 7.99. The van der Waals surface area contributed by atoms with Crippen molar-refractivity contribution in [2.75, 3.05) is 11.1 Å². The molecule has 0 saturated heterocycles. The van der Waals surface area contributed by atoms with Gasteiger partial charge in [0.2, 0.25) is 5.91 Å². The van der Waals surface area contributed by atoms with Gasteiger partial charge in [-0.2, -0.15) is 0 Å². The van der Waals surface area contributed by atoms with E-state index in [1.54, 1.807) is 28.8 Å². The number of Topliss-reactive ketones (excluding diaryl/α,β-unsaturated/α-hetero) is 1. The highest BCUT2D eigenvalue weighted by atomic mass is 32.2. The molecule has 1 aromatic carbocycles. The van der Waals surface area contributed by atoms with Gasteiger partial charge in [0.1, 0.15) is 4.83 Å². The van der Waals surface area contributed by atoms with Gasteiger partial charge in [-0.25, -0.2) is 4.98 Å². The Bertz CT molecular complexity index is 1130. The van der Waals surface area contributed by atoms with Gasteiger partial charge in [0.05, 0.1) is 16.8 Å². The first-order valence-corrected chi connectivity index (χ1v) is 10.7. The number of anilines is 1. The largest absolute Gasteiger partial charge is 0.325 e. The molecule has 2 aromatic heterocycles. The van der Waals surface area contributed by atoms with Crippen molar-refractivity contribution in [3.8, 4) is 0 Å². The zero-order valence-electron chi connectivity index (χ0n) is 16.2. The molecule has 2 heterocycles. The molecule has 0 unspecified atom stereocenters. The van der Waals surface area contributed by atoms with Crippen LogP contribution in [0.2, 0.25) is 0 Å². The fraction of sp³-hybridized carbons (Fsp3) is 0.300. The molecule has 1 amide bonds. The van der Waals surface area contributed by atoms with Gasteiger partial charge in [0, 0.05) is 17.0 Å². The molecular weight excluding hydrogens is 394 g/mol. The number of rotatable bonds is 6. The first kappa shape index (κ1) is 20.3. The Balaban J connectivity index is 1.83. The highest BCUT2D eigenvalue weighted by Gasteiger charge is 2.17. The molecule has 0 radical (unpaired) electrons. The predicted molar refractivity (Wildman–Crippen MR) is 115 cm³/mol. The van der Waals surface area contributed by atoms with Crippen molar-refractivity contribution >= 4 is 50.7 Å². The second-order valence-corrected chi connectivity index (χ2v) is 8.49. The number of aromatic nitrogens is 2. The van der Waals surface area contributed by atoms with E-state index in [1.165, 1.54) is 30.0 Å². The van der Waals surface area contributed by atoms with Crippen LogP contribution >= 0.6 is 23.1 Å². The average Bonchev–Trinajstić information content (AvgIpc) is 2.94. The number of fused-ring (bicyclic) bond motifs is 1. The number of thiophene rings is 1. The molecule has 3 rings (SSSR count). The number of ketones is 1. The number of nitrogens with one attached hydrogen (secondary N) is 1. The van der Waals surface area contributed by atoms with E-state index in [-0.39, 0.29) is 23.0 Å². The number of amides is 1. The molecular formula is C20H21N3O3S2. The van der Waals surface area contributed by atoms with Gasteiger partial charge in [-0.15, -0.1) is 11.3 Å². The second kappa shape index (κ2) is 8.28. The second-order valence-electron chi connectivity index (χ2n) is 6.35. The lowest BCUT2D eigenvalue weighted by molar-refractivity contribution is -0.113. The van der Waals surface area contributed by atoms with Gasteiger partial charge in [-0.1, -0.05) is 23.9 Å². The number of benzene rings is 1. The minimum atomic E-state index is -0.255. The van der Waals surface area contributed by atoms with Crippen LogP contribution in [0, 0.1) is 13.8 Å². The van der Waals surface area contributed by atoms with Gasteiger partial charge in [0.25, 0.3) is 5.56 Å². The van der Waals surface area contributed by atoms with Crippen molar-refractivity contribution in [2.45, 2.75) is 39.4 Å². The quantitative estimate of drug-likeness (QED) is 0.373. The first-order chi connectivity index (χ1) is 13.3. The number of thioether (sulfide) groups is 1. The predicted octanol–water partition coefficient (Wildman–Crippen LogP) is 4.03. The van der Waals surface area contributed by atoms with Gasteiger partial charge in [-0.05, 0) is 45.4 Å². The molecule has 0 atom stereocenters. The van der Waals surface area contributed by atoms with E-state index < -0.39 is 0 Å². The molecule has 146 valence electrons. The monoisotopic (exact) mass is 415 g/mol. The van der Waals surface area contributed by atoms with E-state index in [0.717, 1.165) is 10.4 Å². The van der Waals surface area contributed by atoms with E-state index in [4.69, 9.17) is 0 Å². The first-order valence-electron chi connectivity index (χ1n) is 8.86. The van der Waals surface area contributed by atoms with E-state index in [0.29, 0.717) is 33.2 Å².